The number of anilines is 3. The van der Waals surface area contributed by atoms with Crippen molar-refractivity contribution in [1.29, 1.82) is 0 Å². The van der Waals surface area contributed by atoms with E-state index in [1.165, 1.54) is 11.3 Å². The molecule has 0 unspecified atom stereocenters. The number of para-hydroxylation sites is 2. The lowest BCUT2D eigenvalue weighted by atomic mass is 10.0. The summed E-state index contributed by atoms with van der Waals surface area (Å²) >= 11 is 0. The first-order valence-electron chi connectivity index (χ1n) is 9.84. The van der Waals surface area contributed by atoms with Crippen molar-refractivity contribution in [1.82, 2.24) is 4.98 Å². The molecule has 1 aliphatic heterocycles. The van der Waals surface area contributed by atoms with E-state index in [0.29, 0.717) is 11.5 Å². The maximum atomic E-state index is 12.9. The molecule has 2 aromatic carbocycles. The molecule has 0 saturated heterocycles. The van der Waals surface area contributed by atoms with Gasteiger partial charge in [0.25, 0.3) is 5.91 Å². The van der Waals surface area contributed by atoms with E-state index >= 15 is 0 Å². The van der Waals surface area contributed by atoms with Crippen LogP contribution in [-0.4, -0.2) is 17.4 Å². The van der Waals surface area contributed by atoms with Crippen molar-refractivity contribution in [2.75, 3.05) is 16.8 Å². The van der Waals surface area contributed by atoms with Crippen molar-refractivity contribution >= 4 is 23.0 Å². The molecule has 3 aromatic rings. The Morgan fingerprint density at radius 2 is 1.86 bits per heavy atom. The third-order valence-corrected chi connectivity index (χ3v) is 5.24. The highest BCUT2D eigenvalue weighted by Crippen LogP contribution is 2.33. The first-order chi connectivity index (χ1) is 13.6. The SMILES string of the molecule is CC(C)c1ccccc1NC(=O)c1cncc(N2CCCc3ccccc32)c1. The quantitative estimate of drug-likeness (QED) is 0.655. The fraction of sp³-hybridized carbons (Fsp3) is 0.250. The van der Waals surface area contributed by atoms with Crippen LogP contribution in [-0.2, 0) is 6.42 Å². The number of amides is 1. The van der Waals surface area contributed by atoms with Gasteiger partial charge in [-0.1, -0.05) is 50.2 Å². The zero-order valence-electron chi connectivity index (χ0n) is 16.4. The van der Waals surface area contributed by atoms with E-state index < -0.39 is 0 Å². The Bertz CT molecular complexity index is 996. The maximum absolute atomic E-state index is 12.9. The molecule has 1 N–H and O–H groups in total. The minimum absolute atomic E-state index is 0.132. The second-order valence-electron chi connectivity index (χ2n) is 7.51. The van der Waals surface area contributed by atoms with Gasteiger partial charge in [-0.2, -0.15) is 0 Å². The van der Waals surface area contributed by atoms with E-state index in [1.807, 2.05) is 30.5 Å². The van der Waals surface area contributed by atoms with Crippen LogP contribution in [0.15, 0.2) is 67.0 Å². The predicted octanol–water partition coefficient (Wildman–Crippen LogP) is 5.54. The summed E-state index contributed by atoms with van der Waals surface area (Å²) in [6, 6.07) is 18.3. The third-order valence-electron chi connectivity index (χ3n) is 5.24. The molecule has 4 rings (SSSR count). The highest BCUT2D eigenvalue weighted by atomic mass is 16.1. The topological polar surface area (TPSA) is 45.2 Å². The highest BCUT2D eigenvalue weighted by Gasteiger charge is 2.19. The van der Waals surface area contributed by atoms with Crippen molar-refractivity contribution in [3.63, 3.8) is 0 Å². The summed E-state index contributed by atoms with van der Waals surface area (Å²) in [5.74, 6) is 0.207. The molecule has 0 radical (unpaired) electrons. The van der Waals surface area contributed by atoms with E-state index in [2.05, 4.69) is 59.4 Å². The molecule has 1 amide bonds. The average Bonchev–Trinajstić information content (AvgIpc) is 2.73. The van der Waals surface area contributed by atoms with Crippen LogP contribution in [0.2, 0.25) is 0 Å². The number of carbonyl (C=O) groups excluding carboxylic acids is 1. The second-order valence-corrected chi connectivity index (χ2v) is 7.51. The minimum Gasteiger partial charge on any atom is -0.340 e. The number of fused-ring (bicyclic) bond motifs is 1. The molecule has 0 aliphatic carbocycles. The molecule has 4 heteroatoms. The van der Waals surface area contributed by atoms with Gasteiger partial charge in [0.15, 0.2) is 0 Å². The second kappa shape index (κ2) is 7.85. The number of hydrogen-bond acceptors (Lipinski definition) is 3. The Morgan fingerprint density at radius 3 is 2.71 bits per heavy atom. The van der Waals surface area contributed by atoms with Crippen LogP contribution in [0.1, 0.15) is 47.7 Å². The summed E-state index contributed by atoms with van der Waals surface area (Å²) in [5, 5.41) is 3.06. The Labute approximate surface area is 166 Å². The fourth-order valence-corrected chi connectivity index (χ4v) is 3.81. The van der Waals surface area contributed by atoms with Crippen LogP contribution in [0.5, 0.6) is 0 Å². The molecule has 0 saturated carbocycles. The Balaban J connectivity index is 1.61. The Morgan fingerprint density at radius 1 is 1.07 bits per heavy atom. The van der Waals surface area contributed by atoms with E-state index in [-0.39, 0.29) is 5.91 Å². The normalized spacial score (nSPS) is 13.3. The summed E-state index contributed by atoms with van der Waals surface area (Å²) in [4.78, 5) is 19.5. The lowest BCUT2D eigenvalue weighted by Gasteiger charge is -2.31. The molecule has 1 aromatic heterocycles. The van der Waals surface area contributed by atoms with Crippen molar-refractivity contribution < 1.29 is 4.79 Å². The zero-order chi connectivity index (χ0) is 19.5. The van der Waals surface area contributed by atoms with E-state index in [0.717, 1.165) is 36.3 Å². The Hall–Kier alpha value is -3.14. The summed E-state index contributed by atoms with van der Waals surface area (Å²) in [6.45, 7) is 5.18. The predicted molar refractivity (Wildman–Crippen MR) is 114 cm³/mol. The van der Waals surface area contributed by atoms with E-state index in [4.69, 9.17) is 0 Å². The van der Waals surface area contributed by atoms with Crippen molar-refractivity contribution in [3.05, 3.63) is 83.7 Å². The van der Waals surface area contributed by atoms with Crippen molar-refractivity contribution in [2.45, 2.75) is 32.6 Å². The molecule has 1 aliphatic rings. The zero-order valence-corrected chi connectivity index (χ0v) is 16.4. The van der Waals surface area contributed by atoms with Crippen LogP contribution >= 0.6 is 0 Å². The van der Waals surface area contributed by atoms with Gasteiger partial charge in [0.05, 0.1) is 17.4 Å². The third kappa shape index (κ3) is 3.63. The molecule has 0 atom stereocenters. The van der Waals surface area contributed by atoms with Gasteiger partial charge in [0.1, 0.15) is 0 Å². The van der Waals surface area contributed by atoms with Crippen LogP contribution < -0.4 is 10.2 Å². The minimum atomic E-state index is -0.132. The highest BCUT2D eigenvalue weighted by molar-refractivity contribution is 6.05. The summed E-state index contributed by atoms with van der Waals surface area (Å²) < 4.78 is 0. The molecule has 142 valence electrons. The molecule has 2 heterocycles. The molecule has 0 fully saturated rings. The number of benzene rings is 2. The van der Waals surface area contributed by atoms with Crippen LogP contribution in [0.25, 0.3) is 0 Å². The molecule has 28 heavy (non-hydrogen) atoms. The summed E-state index contributed by atoms with van der Waals surface area (Å²) in [7, 11) is 0. The molecule has 0 bridgehead atoms. The number of nitrogens with zero attached hydrogens (tertiary/aromatic N) is 2. The number of aryl methyl sites for hydroxylation is 1. The number of pyridine rings is 1. The van der Waals surface area contributed by atoms with Crippen molar-refractivity contribution in [2.24, 2.45) is 0 Å². The fourth-order valence-electron chi connectivity index (χ4n) is 3.81. The Kier molecular flexibility index (Phi) is 5.11. The largest absolute Gasteiger partial charge is 0.340 e. The average molecular weight is 371 g/mol. The lowest BCUT2D eigenvalue weighted by Crippen LogP contribution is -2.25. The molecular weight excluding hydrogens is 346 g/mol. The monoisotopic (exact) mass is 371 g/mol. The van der Waals surface area contributed by atoms with Gasteiger partial charge in [-0.15, -0.1) is 0 Å². The first-order valence-corrected chi connectivity index (χ1v) is 9.84. The number of nitrogens with one attached hydrogen (secondary N) is 1. The number of carbonyl (C=O) groups is 1. The molecule has 0 spiro atoms. The lowest BCUT2D eigenvalue weighted by molar-refractivity contribution is 0.102. The van der Waals surface area contributed by atoms with Gasteiger partial charge >= 0.3 is 0 Å². The summed E-state index contributed by atoms with van der Waals surface area (Å²) in [6.07, 6.45) is 5.65. The standard InChI is InChI=1S/C24H25N3O/c1-17(2)21-10-4-5-11-22(21)26-24(28)19-14-20(16-25-15-19)27-13-7-9-18-8-3-6-12-23(18)27/h3-6,8,10-12,14-17H,7,9,13H2,1-2H3,(H,26,28). The van der Waals surface area contributed by atoms with E-state index in [1.54, 1.807) is 6.20 Å². The van der Waals surface area contributed by atoms with Crippen LogP contribution in [0, 0.1) is 0 Å². The maximum Gasteiger partial charge on any atom is 0.257 e. The molecule has 4 nitrogen and oxygen atoms in total. The van der Waals surface area contributed by atoms with Crippen molar-refractivity contribution in [3.8, 4) is 0 Å². The van der Waals surface area contributed by atoms with Gasteiger partial charge in [-0.3, -0.25) is 9.78 Å². The van der Waals surface area contributed by atoms with Gasteiger partial charge in [-0.05, 0) is 48.1 Å². The van der Waals surface area contributed by atoms with Crippen LogP contribution in [0.3, 0.4) is 0 Å². The smallest absolute Gasteiger partial charge is 0.257 e. The van der Waals surface area contributed by atoms with E-state index in [9.17, 15) is 4.79 Å². The van der Waals surface area contributed by atoms with Gasteiger partial charge in [0, 0.05) is 24.1 Å². The summed E-state index contributed by atoms with van der Waals surface area (Å²) in [5.41, 5.74) is 6.06. The van der Waals surface area contributed by atoms with Gasteiger partial charge in [0.2, 0.25) is 0 Å². The van der Waals surface area contributed by atoms with Gasteiger partial charge in [-0.25, -0.2) is 0 Å². The first kappa shape index (κ1) is 18.2. The number of rotatable bonds is 4. The number of hydrogen-bond donors (Lipinski definition) is 1. The number of aromatic nitrogens is 1. The van der Waals surface area contributed by atoms with Gasteiger partial charge < -0.3 is 10.2 Å². The molecular formula is C24H25N3O. The van der Waals surface area contributed by atoms with Crippen LogP contribution in [0.4, 0.5) is 17.1 Å².